The number of nitrogens with zero attached hydrogens (tertiary/aromatic N) is 1. The molecule has 0 heterocycles. The van der Waals surface area contributed by atoms with Crippen LogP contribution in [-0.4, -0.2) is 96.8 Å². The van der Waals surface area contributed by atoms with Crippen LogP contribution in [0.5, 0.6) is 0 Å². The van der Waals surface area contributed by atoms with Gasteiger partial charge in [0.05, 0.1) is 12.4 Å². The maximum absolute atomic E-state index is 11.3. The Kier molecular flexibility index (Phi) is 9.93. The third kappa shape index (κ3) is 8.12. The number of ether oxygens (including phenoxy) is 1. The first-order chi connectivity index (χ1) is 9.47. The molecular formula is C10H13CaN3O8. The zero-order valence-corrected chi connectivity index (χ0v) is 13.9. The molecule has 0 amide bonds. The van der Waals surface area contributed by atoms with Crippen LogP contribution in [0.25, 0.3) is 0 Å². The van der Waals surface area contributed by atoms with Gasteiger partial charge in [0.1, 0.15) is 12.1 Å². The van der Waals surface area contributed by atoms with E-state index in [0.29, 0.717) is 0 Å². The third-order valence-corrected chi connectivity index (χ3v) is 2.26. The van der Waals surface area contributed by atoms with Gasteiger partial charge >= 0.3 is 49.7 Å². The van der Waals surface area contributed by atoms with E-state index >= 15 is 0 Å². The summed E-state index contributed by atoms with van der Waals surface area (Å²) in [6.07, 6.45) is -2.73. The Bertz CT molecular complexity index is 483. The van der Waals surface area contributed by atoms with Crippen molar-refractivity contribution in [3.8, 4) is 0 Å². The van der Waals surface area contributed by atoms with Gasteiger partial charge in [-0.3, -0.25) is 10.2 Å². The van der Waals surface area contributed by atoms with Crippen molar-refractivity contribution in [1.82, 2.24) is 4.90 Å². The Labute approximate surface area is 154 Å². The summed E-state index contributed by atoms with van der Waals surface area (Å²) in [7, 11) is 1.25. The van der Waals surface area contributed by atoms with Crippen molar-refractivity contribution in [1.29, 1.82) is 5.41 Å². The molecule has 0 rings (SSSR count). The summed E-state index contributed by atoms with van der Waals surface area (Å²) in [5.74, 6) is -7.30. The van der Waals surface area contributed by atoms with E-state index < -0.39 is 54.8 Å². The summed E-state index contributed by atoms with van der Waals surface area (Å²) < 4.78 is 4.16. The first kappa shape index (κ1) is 22.8. The predicted molar refractivity (Wildman–Crippen MR) is 65.6 cm³/mol. The average Bonchev–Trinajstić information content (AvgIpc) is 2.26. The van der Waals surface area contributed by atoms with Crippen LogP contribution < -0.4 is 15.9 Å². The second kappa shape index (κ2) is 9.56. The minimum Gasteiger partial charge on any atom is -0.550 e. The first-order valence-corrected chi connectivity index (χ1v) is 5.40. The quantitative estimate of drug-likeness (QED) is 0.132. The fourth-order valence-corrected chi connectivity index (χ4v) is 1.16. The Morgan fingerprint density at radius 1 is 1.23 bits per heavy atom. The molecule has 118 valence electrons. The molecule has 0 aliphatic heterocycles. The minimum atomic E-state index is -3.05. The van der Waals surface area contributed by atoms with Crippen molar-refractivity contribution in [3.63, 3.8) is 0 Å². The number of esters is 2. The standard InChI is InChI=1S/C10H15N3O8.Ca/c1-13(9(11)12)4-7(17)21-6(16)3-10(20,8(18)19)2-5(14)15;/h20H,2-4H2,1H3,(H3,11,12)(H,14,15)(H,18,19);/q;+2/p-2. The second-order valence-corrected chi connectivity index (χ2v) is 4.13. The Morgan fingerprint density at radius 2 is 1.73 bits per heavy atom. The number of aliphatic carboxylic acids is 2. The van der Waals surface area contributed by atoms with E-state index in [0.717, 1.165) is 4.90 Å². The van der Waals surface area contributed by atoms with Gasteiger partial charge in [-0.15, -0.1) is 0 Å². The molecule has 12 heteroatoms. The molecule has 1 atom stereocenters. The van der Waals surface area contributed by atoms with E-state index in [1.54, 1.807) is 0 Å². The molecule has 0 saturated heterocycles. The van der Waals surface area contributed by atoms with E-state index in [1.807, 2.05) is 0 Å². The van der Waals surface area contributed by atoms with Crippen molar-refractivity contribution in [2.24, 2.45) is 5.73 Å². The fraction of sp³-hybridized carbons (Fsp3) is 0.500. The molecule has 0 spiro atoms. The number of likely N-dealkylation sites (N-methyl/N-ethyl adjacent to an activating group) is 1. The number of nitrogens with two attached hydrogens (primary N) is 1. The number of carboxylic acid groups (broad SMARTS) is 2. The van der Waals surface area contributed by atoms with Crippen LogP contribution in [0.2, 0.25) is 0 Å². The third-order valence-electron chi connectivity index (χ3n) is 2.26. The molecule has 0 radical (unpaired) electrons. The summed E-state index contributed by atoms with van der Waals surface area (Å²) in [6.45, 7) is -0.578. The summed E-state index contributed by atoms with van der Waals surface area (Å²) in [5, 5.41) is 37.4. The van der Waals surface area contributed by atoms with Crippen LogP contribution in [0.4, 0.5) is 0 Å². The van der Waals surface area contributed by atoms with E-state index in [1.165, 1.54) is 7.05 Å². The molecule has 22 heavy (non-hydrogen) atoms. The molecule has 0 aromatic carbocycles. The molecule has 1 unspecified atom stereocenters. The van der Waals surface area contributed by atoms with E-state index in [2.05, 4.69) is 4.74 Å². The summed E-state index contributed by atoms with van der Waals surface area (Å²) >= 11 is 0. The second-order valence-electron chi connectivity index (χ2n) is 4.13. The van der Waals surface area contributed by atoms with Crippen LogP contribution in [0.15, 0.2) is 0 Å². The predicted octanol–water partition coefficient (Wildman–Crippen LogP) is -5.49. The van der Waals surface area contributed by atoms with E-state index in [4.69, 9.17) is 11.1 Å². The van der Waals surface area contributed by atoms with Crippen molar-refractivity contribution in [3.05, 3.63) is 0 Å². The van der Waals surface area contributed by atoms with Crippen molar-refractivity contribution < 1.29 is 39.2 Å². The van der Waals surface area contributed by atoms with Gasteiger partial charge in [-0.05, 0) is 0 Å². The number of aliphatic hydroxyl groups is 1. The van der Waals surface area contributed by atoms with Gasteiger partial charge in [0.15, 0.2) is 5.96 Å². The van der Waals surface area contributed by atoms with Gasteiger partial charge in [-0.1, -0.05) is 0 Å². The van der Waals surface area contributed by atoms with E-state index in [9.17, 15) is 34.5 Å². The van der Waals surface area contributed by atoms with Crippen molar-refractivity contribution >= 4 is 67.6 Å². The molecule has 4 N–H and O–H groups in total. The van der Waals surface area contributed by atoms with Gasteiger partial charge in [0.2, 0.25) is 0 Å². The molecular weight excluding hydrogens is 330 g/mol. The Hall–Kier alpha value is -1.43. The van der Waals surface area contributed by atoms with Crippen molar-refractivity contribution in [2.45, 2.75) is 18.4 Å². The molecule has 0 saturated carbocycles. The van der Waals surface area contributed by atoms with Gasteiger partial charge in [0, 0.05) is 19.4 Å². The normalized spacial score (nSPS) is 12.3. The number of carboxylic acids is 2. The van der Waals surface area contributed by atoms with E-state index in [-0.39, 0.29) is 37.7 Å². The zero-order valence-electron chi connectivity index (χ0n) is 11.7. The van der Waals surface area contributed by atoms with Crippen molar-refractivity contribution in [2.75, 3.05) is 13.6 Å². The molecule has 0 aliphatic rings. The SMILES string of the molecule is CN(CC(=O)OC(=O)CC(O)(CC(=O)[O-])C(=O)[O-])C(=N)N.[Ca+2]. The maximum Gasteiger partial charge on any atom is 2.00 e. The Balaban J connectivity index is 0. The summed E-state index contributed by atoms with van der Waals surface area (Å²) in [6, 6.07) is 0. The number of carbonyl (C=O) groups is 4. The number of hydrogen-bond acceptors (Lipinski definition) is 9. The molecule has 11 nitrogen and oxygen atoms in total. The van der Waals surface area contributed by atoms with Crippen LogP contribution in [0.3, 0.4) is 0 Å². The van der Waals surface area contributed by atoms with Gasteiger partial charge in [-0.2, -0.15) is 0 Å². The maximum atomic E-state index is 11.3. The number of nitrogens with one attached hydrogen (secondary N) is 1. The topological polar surface area (TPSA) is 197 Å². The first-order valence-electron chi connectivity index (χ1n) is 5.40. The fourth-order valence-electron chi connectivity index (χ4n) is 1.16. The molecule has 0 bridgehead atoms. The van der Waals surface area contributed by atoms with Gasteiger partial charge < -0.3 is 40.3 Å². The molecule has 0 aromatic rings. The summed E-state index contributed by atoms with van der Waals surface area (Å²) in [4.78, 5) is 44.4. The zero-order chi connectivity index (χ0) is 16.8. The number of guanidine groups is 1. The summed E-state index contributed by atoms with van der Waals surface area (Å²) in [5.41, 5.74) is 1.98. The van der Waals surface area contributed by atoms with Crippen LogP contribution in [0, 0.1) is 5.41 Å². The largest absolute Gasteiger partial charge is 2.00 e. The van der Waals surface area contributed by atoms with Crippen LogP contribution in [0.1, 0.15) is 12.8 Å². The Morgan fingerprint density at radius 3 is 2.09 bits per heavy atom. The van der Waals surface area contributed by atoms with Gasteiger partial charge in [0.25, 0.3) is 0 Å². The van der Waals surface area contributed by atoms with Crippen LogP contribution >= 0.6 is 0 Å². The average molecular weight is 343 g/mol. The smallest absolute Gasteiger partial charge is 0.550 e. The van der Waals surface area contributed by atoms with Crippen LogP contribution in [-0.2, 0) is 23.9 Å². The number of rotatable bonds is 7. The number of carbonyl (C=O) groups excluding carboxylic acids is 4. The number of hydrogen-bond donors (Lipinski definition) is 3. The minimum absolute atomic E-state index is 0. The monoisotopic (exact) mass is 343 g/mol. The molecule has 0 fully saturated rings. The molecule has 0 aliphatic carbocycles. The molecule has 0 aromatic heterocycles. The van der Waals surface area contributed by atoms with Gasteiger partial charge in [-0.25, -0.2) is 4.79 Å².